The van der Waals surface area contributed by atoms with Gasteiger partial charge in [-0.05, 0) is 42.3 Å². The third-order valence-corrected chi connectivity index (χ3v) is 5.22. The molecule has 0 spiro atoms. The largest absolute Gasteiger partial charge is 0.508 e. The van der Waals surface area contributed by atoms with Crippen molar-refractivity contribution in [3.8, 4) is 5.75 Å². The van der Waals surface area contributed by atoms with Crippen LogP contribution in [-0.4, -0.2) is 64.8 Å². The predicted octanol–water partition coefficient (Wildman–Crippen LogP) is 1.15. The van der Waals surface area contributed by atoms with Gasteiger partial charge in [-0.15, -0.1) is 0 Å². The highest BCUT2D eigenvalue weighted by Crippen LogP contribution is 2.23. The van der Waals surface area contributed by atoms with Gasteiger partial charge in [0.05, 0.1) is 31.7 Å². The van der Waals surface area contributed by atoms with E-state index in [9.17, 15) is 29.7 Å². The number of amides is 2. The molecule has 0 saturated heterocycles. The van der Waals surface area contributed by atoms with Gasteiger partial charge in [-0.25, -0.2) is 0 Å². The number of guanidine groups is 1. The molecule has 2 amide bonds. The topological polar surface area (TPSA) is 172 Å². The number of phenols is 1. The number of aliphatic hydroxyl groups excluding tert-OH is 1. The predicted molar refractivity (Wildman–Crippen MR) is 130 cm³/mol. The van der Waals surface area contributed by atoms with E-state index in [0.29, 0.717) is 28.8 Å². The number of aliphatic hydroxyl groups is 1. The summed E-state index contributed by atoms with van der Waals surface area (Å²) in [7, 11) is 0. The molecule has 2 aromatic rings. The molecule has 0 saturated carbocycles. The second-order valence-electron chi connectivity index (χ2n) is 8.08. The number of phenolic OH excluding ortho intramolecular Hbond substituents is 1. The normalized spacial score (nSPS) is 15.9. The number of rotatable bonds is 8. The highest BCUT2D eigenvalue weighted by Gasteiger charge is 2.20. The first-order valence-corrected chi connectivity index (χ1v) is 11.1. The number of carbonyl (C=O) groups is 3. The number of nitrogens with zero attached hydrogens (tertiary/aromatic N) is 1. The number of nitrogens with one attached hydrogen (secondary N) is 4. The van der Waals surface area contributed by atoms with Crippen molar-refractivity contribution in [2.45, 2.75) is 25.5 Å². The maximum absolute atomic E-state index is 12.6. The van der Waals surface area contributed by atoms with E-state index in [1.54, 1.807) is 25.1 Å². The molecule has 35 heavy (non-hydrogen) atoms. The van der Waals surface area contributed by atoms with Gasteiger partial charge < -0.3 is 36.6 Å². The van der Waals surface area contributed by atoms with E-state index in [1.165, 1.54) is 18.2 Å². The lowest BCUT2D eigenvalue weighted by Gasteiger charge is -2.20. The Morgan fingerprint density at radius 1 is 1.20 bits per heavy atom. The first-order valence-electron chi connectivity index (χ1n) is 10.7. The molecular formula is C23H26ClN5O6. The van der Waals surface area contributed by atoms with Crippen LogP contribution in [0.25, 0.3) is 0 Å². The van der Waals surface area contributed by atoms with E-state index >= 15 is 0 Å². The number of aromatic hydroxyl groups is 1. The fourth-order valence-electron chi connectivity index (χ4n) is 3.47. The molecule has 0 fully saturated rings. The molecule has 3 rings (SSSR count). The zero-order valence-electron chi connectivity index (χ0n) is 18.8. The van der Waals surface area contributed by atoms with E-state index < -0.39 is 36.5 Å². The molecule has 7 N–H and O–H groups in total. The molecule has 2 aromatic carbocycles. The first-order chi connectivity index (χ1) is 16.6. The van der Waals surface area contributed by atoms with Crippen LogP contribution in [0.3, 0.4) is 0 Å². The van der Waals surface area contributed by atoms with Gasteiger partial charge in [0.15, 0.2) is 5.96 Å². The SMILES string of the molecule is Cc1cc(Cl)cc([C@H](CC(=O)O)NC(=O)CNC(=O)c2cc(O)cc(NC3=NCC(O)CN3)c2)c1. The Balaban J connectivity index is 1.63. The average molecular weight is 504 g/mol. The number of aliphatic imine (C=N–C) groups is 1. The maximum Gasteiger partial charge on any atom is 0.305 e. The first kappa shape index (κ1) is 25.8. The highest BCUT2D eigenvalue weighted by atomic mass is 35.5. The van der Waals surface area contributed by atoms with Crippen LogP contribution in [0.15, 0.2) is 41.4 Å². The van der Waals surface area contributed by atoms with E-state index in [2.05, 4.69) is 26.3 Å². The number of hydrogen-bond acceptors (Lipinski definition) is 8. The Bertz CT molecular complexity index is 1130. The van der Waals surface area contributed by atoms with Crippen molar-refractivity contribution in [3.05, 3.63) is 58.1 Å². The summed E-state index contributed by atoms with van der Waals surface area (Å²) in [5, 5.41) is 40.0. The zero-order chi connectivity index (χ0) is 25.5. The smallest absolute Gasteiger partial charge is 0.305 e. The Hall–Kier alpha value is -3.83. The van der Waals surface area contributed by atoms with Crippen molar-refractivity contribution >= 4 is 41.0 Å². The summed E-state index contributed by atoms with van der Waals surface area (Å²) in [6, 6.07) is 8.27. The summed E-state index contributed by atoms with van der Waals surface area (Å²) in [6.45, 7) is 1.91. The molecular weight excluding hydrogens is 478 g/mol. The van der Waals surface area contributed by atoms with E-state index in [1.807, 2.05) is 0 Å². The van der Waals surface area contributed by atoms with E-state index in [4.69, 9.17) is 11.6 Å². The zero-order valence-corrected chi connectivity index (χ0v) is 19.6. The van der Waals surface area contributed by atoms with Crippen LogP contribution in [0.2, 0.25) is 5.02 Å². The number of carboxylic acids is 1. The molecule has 0 radical (unpaired) electrons. The van der Waals surface area contributed by atoms with Gasteiger partial charge in [0.2, 0.25) is 5.91 Å². The number of halogens is 1. The molecule has 186 valence electrons. The Morgan fingerprint density at radius 2 is 1.97 bits per heavy atom. The van der Waals surface area contributed by atoms with Crippen molar-refractivity contribution in [2.24, 2.45) is 4.99 Å². The second-order valence-corrected chi connectivity index (χ2v) is 8.52. The molecule has 12 heteroatoms. The van der Waals surface area contributed by atoms with Crippen molar-refractivity contribution in [1.82, 2.24) is 16.0 Å². The number of carbonyl (C=O) groups excluding carboxylic acids is 2. The van der Waals surface area contributed by atoms with Gasteiger partial charge >= 0.3 is 5.97 Å². The summed E-state index contributed by atoms with van der Waals surface area (Å²) in [4.78, 5) is 40.5. The van der Waals surface area contributed by atoms with Crippen molar-refractivity contribution in [1.29, 1.82) is 0 Å². The molecule has 0 aromatic heterocycles. The molecule has 1 heterocycles. The molecule has 11 nitrogen and oxygen atoms in total. The number of β-amino-alcohol motifs (C(OH)–C–C–N with tert-alkyl or cyclic N) is 1. The quantitative estimate of drug-likeness (QED) is 0.281. The van der Waals surface area contributed by atoms with Gasteiger partial charge in [0, 0.05) is 28.9 Å². The van der Waals surface area contributed by atoms with Gasteiger partial charge in [0.1, 0.15) is 5.75 Å². The summed E-state index contributed by atoms with van der Waals surface area (Å²) < 4.78 is 0. The summed E-state index contributed by atoms with van der Waals surface area (Å²) in [5.41, 5.74) is 1.81. The Morgan fingerprint density at radius 3 is 2.63 bits per heavy atom. The second kappa shape index (κ2) is 11.5. The minimum Gasteiger partial charge on any atom is -0.508 e. The van der Waals surface area contributed by atoms with Crippen LogP contribution in [0.4, 0.5) is 5.69 Å². The van der Waals surface area contributed by atoms with Crippen molar-refractivity contribution in [3.63, 3.8) is 0 Å². The standard InChI is InChI=1S/C23H26ClN5O6/c1-12-2-13(4-15(24)3-12)19(8-21(33)34)29-20(32)11-25-22(35)14-5-16(7-17(30)6-14)28-23-26-9-18(31)10-27-23/h2-7,18-19,30-31H,8-11H2,1H3,(H,25,35)(H,29,32)(H,33,34)(H2,26,27,28)/t19-/m0/s1. The minimum atomic E-state index is -1.11. The van der Waals surface area contributed by atoms with Crippen LogP contribution in [0.1, 0.15) is 33.9 Å². The fourth-order valence-corrected chi connectivity index (χ4v) is 3.77. The van der Waals surface area contributed by atoms with Crippen LogP contribution in [0, 0.1) is 6.92 Å². The van der Waals surface area contributed by atoms with Crippen LogP contribution < -0.4 is 21.3 Å². The molecule has 0 aliphatic carbocycles. The lowest BCUT2D eigenvalue weighted by molar-refractivity contribution is -0.137. The highest BCUT2D eigenvalue weighted by molar-refractivity contribution is 6.30. The third kappa shape index (κ3) is 7.87. The number of benzene rings is 2. The van der Waals surface area contributed by atoms with Crippen LogP contribution in [-0.2, 0) is 9.59 Å². The average Bonchev–Trinajstić information content (AvgIpc) is 2.77. The third-order valence-electron chi connectivity index (χ3n) is 5.00. The number of anilines is 1. The molecule has 0 bridgehead atoms. The number of hydrogen-bond donors (Lipinski definition) is 7. The summed E-state index contributed by atoms with van der Waals surface area (Å²) in [6.07, 6.45) is -0.953. The van der Waals surface area contributed by atoms with Gasteiger partial charge in [-0.1, -0.05) is 17.7 Å². The summed E-state index contributed by atoms with van der Waals surface area (Å²) >= 11 is 6.07. The fraction of sp³-hybridized carbons (Fsp3) is 0.304. The minimum absolute atomic E-state index is 0.0873. The molecule has 2 atom stereocenters. The van der Waals surface area contributed by atoms with Crippen molar-refractivity contribution < 1.29 is 29.7 Å². The Labute approximate surface area is 206 Å². The van der Waals surface area contributed by atoms with Crippen molar-refractivity contribution in [2.75, 3.05) is 25.0 Å². The number of carboxylic acid groups (broad SMARTS) is 1. The Kier molecular flexibility index (Phi) is 8.50. The lowest BCUT2D eigenvalue weighted by Crippen LogP contribution is -2.42. The summed E-state index contributed by atoms with van der Waals surface area (Å²) in [5.74, 6) is -2.13. The van der Waals surface area contributed by atoms with Gasteiger partial charge in [0.25, 0.3) is 5.91 Å². The van der Waals surface area contributed by atoms with Gasteiger partial charge in [-0.3, -0.25) is 19.4 Å². The monoisotopic (exact) mass is 503 g/mol. The molecule has 1 unspecified atom stereocenters. The van der Waals surface area contributed by atoms with E-state index in [0.717, 1.165) is 5.56 Å². The molecule has 1 aliphatic rings. The van der Waals surface area contributed by atoms with Crippen LogP contribution in [0.5, 0.6) is 5.75 Å². The number of aliphatic carboxylic acids is 1. The van der Waals surface area contributed by atoms with Crippen LogP contribution >= 0.6 is 11.6 Å². The van der Waals surface area contributed by atoms with Gasteiger partial charge in [-0.2, -0.15) is 0 Å². The number of aryl methyl sites for hydroxylation is 1. The van der Waals surface area contributed by atoms with E-state index in [-0.39, 0.29) is 24.3 Å². The molecule has 1 aliphatic heterocycles. The lowest BCUT2D eigenvalue weighted by atomic mass is 10.0. The maximum atomic E-state index is 12.6.